The third kappa shape index (κ3) is 3.35. The summed E-state index contributed by atoms with van der Waals surface area (Å²) in [5, 5.41) is 3.16. The zero-order valence-electron chi connectivity index (χ0n) is 12.9. The molecule has 1 aromatic carbocycles. The molecule has 0 aromatic heterocycles. The fourth-order valence-corrected chi connectivity index (χ4v) is 2.68. The van der Waals surface area contributed by atoms with E-state index in [1.165, 1.54) is 22.3 Å². The molecular formula is C16H25NO2. The maximum Gasteiger partial charge on any atom is 0.133 e. The second kappa shape index (κ2) is 6.20. The van der Waals surface area contributed by atoms with E-state index in [1.54, 1.807) is 7.11 Å². The summed E-state index contributed by atoms with van der Waals surface area (Å²) in [7, 11) is 1.72. The zero-order valence-corrected chi connectivity index (χ0v) is 12.9. The van der Waals surface area contributed by atoms with Crippen LogP contribution in [0.1, 0.15) is 36.1 Å². The highest BCUT2D eigenvalue weighted by Gasteiger charge is 2.27. The number of carbonyl (C=O) groups is 1. The number of hydrogen-bond donors (Lipinski definition) is 1. The molecule has 1 rings (SSSR count). The summed E-state index contributed by atoms with van der Waals surface area (Å²) in [6, 6.07) is 2.20. The summed E-state index contributed by atoms with van der Waals surface area (Å²) in [4.78, 5) is 10.4. The van der Waals surface area contributed by atoms with Crippen LogP contribution in [0.3, 0.4) is 0 Å². The number of hydrogen-bond acceptors (Lipinski definition) is 3. The largest absolute Gasteiger partial charge is 0.496 e. The number of aryl methyl sites for hydroxylation is 2. The van der Waals surface area contributed by atoms with Crippen LogP contribution in [0.2, 0.25) is 0 Å². The van der Waals surface area contributed by atoms with Gasteiger partial charge >= 0.3 is 0 Å². The molecule has 1 aromatic rings. The van der Waals surface area contributed by atoms with Crippen LogP contribution < -0.4 is 10.1 Å². The summed E-state index contributed by atoms with van der Waals surface area (Å²) in [5.41, 5.74) is 4.80. The van der Waals surface area contributed by atoms with Crippen LogP contribution in [0.25, 0.3) is 0 Å². The predicted molar refractivity (Wildman–Crippen MR) is 79.2 cm³/mol. The van der Waals surface area contributed by atoms with Crippen molar-refractivity contribution in [2.75, 3.05) is 20.2 Å². The molecule has 0 radical (unpaired) electrons. The molecule has 0 spiro atoms. The van der Waals surface area contributed by atoms with Gasteiger partial charge in [-0.15, -0.1) is 0 Å². The highest BCUT2D eigenvalue weighted by atomic mass is 16.5. The van der Waals surface area contributed by atoms with Crippen molar-refractivity contribution in [1.29, 1.82) is 0 Å². The molecule has 0 heterocycles. The normalized spacial score (nSPS) is 11.5. The van der Waals surface area contributed by atoms with Gasteiger partial charge in [-0.2, -0.15) is 0 Å². The second-order valence-electron chi connectivity index (χ2n) is 5.73. The number of benzene rings is 1. The first-order valence-corrected chi connectivity index (χ1v) is 6.64. The first-order chi connectivity index (χ1) is 8.85. The van der Waals surface area contributed by atoms with Crippen molar-refractivity contribution in [3.63, 3.8) is 0 Å². The van der Waals surface area contributed by atoms with Crippen LogP contribution in [0.4, 0.5) is 0 Å². The Balaban J connectivity index is 3.24. The second-order valence-corrected chi connectivity index (χ2v) is 5.73. The van der Waals surface area contributed by atoms with Crippen LogP contribution >= 0.6 is 0 Å². The van der Waals surface area contributed by atoms with Crippen molar-refractivity contribution in [2.45, 2.75) is 40.0 Å². The number of methoxy groups -OCH3 is 1. The molecular weight excluding hydrogens is 238 g/mol. The molecule has 106 valence electrons. The number of ether oxygens (including phenoxy) is 1. The highest BCUT2D eigenvalue weighted by Crippen LogP contribution is 2.37. The van der Waals surface area contributed by atoms with Crippen molar-refractivity contribution in [3.05, 3.63) is 28.3 Å². The summed E-state index contributed by atoms with van der Waals surface area (Å²) in [6.07, 6.45) is 0.889. The van der Waals surface area contributed by atoms with Crippen molar-refractivity contribution in [1.82, 2.24) is 5.32 Å². The molecule has 0 bridgehead atoms. The van der Waals surface area contributed by atoms with E-state index in [0.717, 1.165) is 18.6 Å². The summed E-state index contributed by atoms with van der Waals surface area (Å²) < 4.78 is 5.63. The molecule has 19 heavy (non-hydrogen) atoms. The minimum atomic E-state index is -0.0864. The first-order valence-electron chi connectivity index (χ1n) is 6.64. The molecule has 3 nitrogen and oxygen atoms in total. The average molecular weight is 263 g/mol. The number of aldehydes is 1. The van der Waals surface area contributed by atoms with Gasteiger partial charge in [0.05, 0.1) is 13.7 Å². The minimum Gasteiger partial charge on any atom is -0.496 e. The molecule has 0 aliphatic rings. The van der Waals surface area contributed by atoms with E-state index in [-0.39, 0.29) is 5.41 Å². The molecule has 3 heteroatoms. The highest BCUT2D eigenvalue weighted by molar-refractivity contribution is 5.54. The van der Waals surface area contributed by atoms with Crippen LogP contribution in [0.15, 0.2) is 6.07 Å². The molecule has 0 atom stereocenters. The monoisotopic (exact) mass is 263 g/mol. The van der Waals surface area contributed by atoms with E-state index in [4.69, 9.17) is 4.74 Å². The summed E-state index contributed by atoms with van der Waals surface area (Å²) in [5.74, 6) is 0.968. The number of rotatable bonds is 6. The van der Waals surface area contributed by atoms with Gasteiger partial charge in [-0.3, -0.25) is 0 Å². The van der Waals surface area contributed by atoms with Gasteiger partial charge in [0.15, 0.2) is 0 Å². The molecule has 0 saturated carbocycles. The van der Waals surface area contributed by atoms with Crippen molar-refractivity contribution in [2.24, 2.45) is 0 Å². The predicted octanol–water partition coefficient (Wildman–Crippen LogP) is 2.69. The van der Waals surface area contributed by atoms with Crippen molar-refractivity contribution < 1.29 is 9.53 Å². The lowest BCUT2D eigenvalue weighted by molar-refractivity contribution is -0.107. The third-order valence-electron chi connectivity index (χ3n) is 3.66. The maximum absolute atomic E-state index is 10.4. The Morgan fingerprint density at radius 1 is 1.26 bits per heavy atom. The topological polar surface area (TPSA) is 38.3 Å². The Labute approximate surface area is 116 Å². The average Bonchev–Trinajstić information content (AvgIpc) is 2.33. The Kier molecular flexibility index (Phi) is 5.12. The lowest BCUT2D eigenvalue weighted by Gasteiger charge is -2.30. The molecule has 0 fully saturated rings. The SMILES string of the molecule is COc1c(C)c(C)cc(C)c1C(C)(C)CNCC=O. The molecule has 0 aliphatic heterocycles. The van der Waals surface area contributed by atoms with Crippen LogP contribution in [0, 0.1) is 20.8 Å². The quantitative estimate of drug-likeness (QED) is 0.633. The third-order valence-corrected chi connectivity index (χ3v) is 3.66. The molecule has 0 aliphatic carbocycles. The first kappa shape index (κ1) is 15.7. The standard InChI is InChI=1S/C16H25NO2/c1-11-9-12(2)14(15(19-6)13(11)3)16(4,5)10-17-7-8-18/h8-9,17H,7,10H2,1-6H3. The van der Waals surface area contributed by atoms with Gasteiger partial charge < -0.3 is 14.8 Å². The van der Waals surface area contributed by atoms with Gasteiger partial charge in [0.25, 0.3) is 0 Å². The summed E-state index contributed by atoms with van der Waals surface area (Å²) >= 11 is 0. The lowest BCUT2D eigenvalue weighted by atomic mass is 9.79. The molecule has 0 amide bonds. The van der Waals surface area contributed by atoms with Crippen LogP contribution in [0.5, 0.6) is 5.75 Å². The van der Waals surface area contributed by atoms with Gasteiger partial charge in [-0.05, 0) is 37.5 Å². The number of carbonyl (C=O) groups excluding carboxylic acids is 1. The van der Waals surface area contributed by atoms with Crippen molar-refractivity contribution >= 4 is 6.29 Å². The fourth-order valence-electron chi connectivity index (χ4n) is 2.68. The van der Waals surface area contributed by atoms with E-state index in [9.17, 15) is 4.79 Å². The molecule has 0 saturated heterocycles. The minimum absolute atomic E-state index is 0.0864. The smallest absolute Gasteiger partial charge is 0.133 e. The Hall–Kier alpha value is -1.35. The van der Waals surface area contributed by atoms with E-state index in [0.29, 0.717) is 6.54 Å². The van der Waals surface area contributed by atoms with E-state index in [1.807, 2.05) is 0 Å². The zero-order chi connectivity index (χ0) is 14.6. The lowest BCUT2D eigenvalue weighted by Crippen LogP contribution is -2.35. The van der Waals surface area contributed by atoms with Crippen molar-refractivity contribution in [3.8, 4) is 5.75 Å². The maximum atomic E-state index is 10.4. The Morgan fingerprint density at radius 3 is 2.42 bits per heavy atom. The van der Waals surface area contributed by atoms with E-state index >= 15 is 0 Å². The van der Waals surface area contributed by atoms with E-state index < -0.39 is 0 Å². The fraction of sp³-hybridized carbons (Fsp3) is 0.562. The Bertz CT molecular complexity index is 464. The summed E-state index contributed by atoms with van der Waals surface area (Å²) in [6.45, 7) is 11.8. The van der Waals surface area contributed by atoms with Gasteiger partial charge in [0, 0.05) is 17.5 Å². The molecule has 1 N–H and O–H groups in total. The van der Waals surface area contributed by atoms with Crippen LogP contribution in [-0.4, -0.2) is 26.5 Å². The van der Waals surface area contributed by atoms with Gasteiger partial charge in [-0.1, -0.05) is 19.9 Å². The Morgan fingerprint density at radius 2 is 1.89 bits per heavy atom. The van der Waals surface area contributed by atoms with Crippen LogP contribution in [-0.2, 0) is 10.2 Å². The van der Waals surface area contributed by atoms with Gasteiger partial charge in [0.1, 0.15) is 12.0 Å². The van der Waals surface area contributed by atoms with Gasteiger partial charge in [0.2, 0.25) is 0 Å². The number of nitrogens with one attached hydrogen (secondary N) is 1. The molecule has 0 unspecified atom stereocenters. The van der Waals surface area contributed by atoms with E-state index in [2.05, 4.69) is 46.0 Å². The van der Waals surface area contributed by atoms with Gasteiger partial charge in [-0.25, -0.2) is 0 Å².